The second-order valence-electron chi connectivity index (χ2n) is 3.03. The smallest absolute Gasteiger partial charge is 0.163 e. The number of aryl methyl sites for hydroxylation is 1. The largest absolute Gasteiger partial charge is 0.261 e. The van der Waals surface area contributed by atoms with Gasteiger partial charge >= 0.3 is 0 Å². The molecule has 0 fully saturated rings. The highest BCUT2D eigenvalue weighted by Gasteiger charge is 2.04. The minimum Gasteiger partial charge on any atom is -0.261 e. The lowest BCUT2D eigenvalue weighted by atomic mass is 10.2. The summed E-state index contributed by atoms with van der Waals surface area (Å²) in [6, 6.07) is 5.69. The van der Waals surface area contributed by atoms with Gasteiger partial charge in [0.15, 0.2) is 5.82 Å². The van der Waals surface area contributed by atoms with Crippen molar-refractivity contribution in [2.24, 2.45) is 0 Å². The molecule has 0 spiro atoms. The molecule has 0 unspecified atom stereocenters. The number of halogens is 2. The lowest BCUT2D eigenvalue weighted by Gasteiger charge is -2.01. The minimum absolute atomic E-state index is 0.656. The first-order valence-corrected chi connectivity index (χ1v) is 5.87. The predicted molar refractivity (Wildman–Crippen MR) is 65.4 cm³/mol. The Kier molecular flexibility index (Phi) is 3.11. The Morgan fingerprint density at radius 3 is 2.27 bits per heavy atom. The summed E-state index contributed by atoms with van der Waals surface area (Å²) in [6.45, 7) is 1.95. The van der Waals surface area contributed by atoms with Crippen molar-refractivity contribution in [1.82, 2.24) is 15.0 Å². The molecule has 0 N–H and O–H groups in total. The Labute approximate surface area is 104 Å². The predicted octanol–water partition coefficient (Wildman–Crippen LogP) is 3.37. The maximum absolute atomic E-state index is 4.27. The molecule has 0 atom stereocenters. The normalized spacial score (nSPS) is 10.3. The molecule has 2 aromatic rings. The fraction of sp³-hybridized carbons (Fsp3) is 0.100. The summed E-state index contributed by atoms with van der Waals surface area (Å²) in [5, 5.41) is 0. The molecule has 5 heteroatoms. The van der Waals surface area contributed by atoms with Crippen molar-refractivity contribution in [3.05, 3.63) is 39.3 Å². The van der Waals surface area contributed by atoms with Gasteiger partial charge in [-0.15, -0.1) is 0 Å². The first-order valence-electron chi connectivity index (χ1n) is 4.28. The van der Waals surface area contributed by atoms with Gasteiger partial charge in [-0.2, -0.15) is 0 Å². The van der Waals surface area contributed by atoms with Gasteiger partial charge < -0.3 is 0 Å². The van der Waals surface area contributed by atoms with E-state index in [4.69, 9.17) is 0 Å². The van der Waals surface area contributed by atoms with E-state index in [-0.39, 0.29) is 0 Å². The van der Waals surface area contributed by atoms with E-state index in [1.165, 1.54) is 0 Å². The SMILES string of the molecule is Cc1ccc(-c2nc(Br)cc(Br)n2)cn1. The lowest BCUT2D eigenvalue weighted by Crippen LogP contribution is -1.91. The van der Waals surface area contributed by atoms with E-state index in [1.54, 1.807) is 12.3 Å². The Balaban J connectivity index is 2.49. The molecule has 0 saturated carbocycles. The monoisotopic (exact) mass is 327 g/mol. The van der Waals surface area contributed by atoms with Crippen LogP contribution in [0.3, 0.4) is 0 Å². The first kappa shape index (κ1) is 10.7. The number of pyridine rings is 1. The molecule has 2 rings (SSSR count). The molecule has 0 aromatic carbocycles. The Bertz CT molecular complexity index is 462. The molecule has 0 aliphatic heterocycles. The Morgan fingerprint density at radius 1 is 1.07 bits per heavy atom. The van der Waals surface area contributed by atoms with E-state index in [0.717, 1.165) is 20.5 Å². The van der Waals surface area contributed by atoms with Crippen molar-refractivity contribution >= 4 is 31.9 Å². The Morgan fingerprint density at radius 2 is 1.73 bits per heavy atom. The van der Waals surface area contributed by atoms with E-state index in [9.17, 15) is 0 Å². The van der Waals surface area contributed by atoms with Crippen LogP contribution in [-0.2, 0) is 0 Å². The first-order chi connectivity index (χ1) is 7.15. The molecule has 0 bridgehead atoms. The molecule has 15 heavy (non-hydrogen) atoms. The molecule has 0 aliphatic carbocycles. The van der Waals surface area contributed by atoms with E-state index < -0.39 is 0 Å². The van der Waals surface area contributed by atoms with Crippen molar-refractivity contribution in [2.45, 2.75) is 6.92 Å². The van der Waals surface area contributed by atoms with Gasteiger partial charge in [0.25, 0.3) is 0 Å². The van der Waals surface area contributed by atoms with Crippen LogP contribution in [0.4, 0.5) is 0 Å². The molecule has 2 aromatic heterocycles. The van der Waals surface area contributed by atoms with Crippen LogP contribution in [-0.4, -0.2) is 15.0 Å². The minimum atomic E-state index is 0.656. The zero-order valence-electron chi connectivity index (χ0n) is 7.91. The standard InChI is InChI=1S/C10H7Br2N3/c1-6-2-3-7(5-13-6)10-14-8(11)4-9(12)15-10/h2-5H,1H3. The number of rotatable bonds is 1. The Hall–Kier alpha value is -0.810. The van der Waals surface area contributed by atoms with Crippen LogP contribution in [0.5, 0.6) is 0 Å². The molecule has 0 amide bonds. The third-order valence-corrected chi connectivity index (χ3v) is 2.65. The molecular formula is C10H7Br2N3. The fourth-order valence-corrected chi connectivity index (χ4v) is 2.20. The molecule has 0 radical (unpaired) electrons. The summed E-state index contributed by atoms with van der Waals surface area (Å²) in [6.07, 6.45) is 1.77. The highest BCUT2D eigenvalue weighted by atomic mass is 79.9. The third kappa shape index (κ3) is 2.60. The molecule has 76 valence electrons. The van der Waals surface area contributed by atoms with E-state index in [0.29, 0.717) is 5.82 Å². The highest BCUT2D eigenvalue weighted by Crippen LogP contribution is 2.20. The number of hydrogen-bond donors (Lipinski definition) is 0. The van der Waals surface area contributed by atoms with Gasteiger partial charge in [0.1, 0.15) is 9.21 Å². The molecule has 2 heterocycles. The van der Waals surface area contributed by atoms with Crippen LogP contribution >= 0.6 is 31.9 Å². The van der Waals surface area contributed by atoms with Crippen molar-refractivity contribution in [1.29, 1.82) is 0 Å². The van der Waals surface area contributed by atoms with Crippen LogP contribution in [0.25, 0.3) is 11.4 Å². The van der Waals surface area contributed by atoms with Crippen LogP contribution < -0.4 is 0 Å². The number of aromatic nitrogens is 3. The number of nitrogens with zero attached hydrogens (tertiary/aromatic N) is 3. The summed E-state index contributed by atoms with van der Waals surface area (Å²) in [7, 11) is 0. The molecule has 3 nitrogen and oxygen atoms in total. The average Bonchev–Trinajstić information content (AvgIpc) is 2.17. The van der Waals surface area contributed by atoms with Gasteiger partial charge in [0.2, 0.25) is 0 Å². The van der Waals surface area contributed by atoms with Gasteiger partial charge in [-0.05, 0) is 50.9 Å². The lowest BCUT2D eigenvalue weighted by molar-refractivity contribution is 1.11. The van der Waals surface area contributed by atoms with Crippen molar-refractivity contribution < 1.29 is 0 Å². The van der Waals surface area contributed by atoms with Crippen molar-refractivity contribution in [3.8, 4) is 11.4 Å². The third-order valence-electron chi connectivity index (χ3n) is 1.83. The zero-order chi connectivity index (χ0) is 10.8. The van der Waals surface area contributed by atoms with Gasteiger partial charge in [0, 0.05) is 23.5 Å². The maximum atomic E-state index is 4.27. The van der Waals surface area contributed by atoms with E-state index in [1.807, 2.05) is 19.1 Å². The highest BCUT2D eigenvalue weighted by molar-refractivity contribution is 9.11. The fourth-order valence-electron chi connectivity index (χ4n) is 1.12. The second-order valence-corrected chi connectivity index (χ2v) is 4.65. The summed E-state index contributed by atoms with van der Waals surface area (Å²) in [5.41, 5.74) is 1.88. The topological polar surface area (TPSA) is 38.7 Å². The molecule has 0 aliphatic rings. The summed E-state index contributed by atoms with van der Waals surface area (Å²) < 4.78 is 1.50. The van der Waals surface area contributed by atoms with Crippen molar-refractivity contribution in [3.63, 3.8) is 0 Å². The van der Waals surface area contributed by atoms with Gasteiger partial charge in [-0.1, -0.05) is 0 Å². The quantitative estimate of drug-likeness (QED) is 0.753. The summed E-state index contributed by atoms with van der Waals surface area (Å²) in [5.74, 6) is 0.656. The molecular weight excluding hydrogens is 322 g/mol. The van der Waals surface area contributed by atoms with Crippen molar-refractivity contribution in [2.75, 3.05) is 0 Å². The zero-order valence-corrected chi connectivity index (χ0v) is 11.1. The van der Waals surface area contributed by atoms with E-state index in [2.05, 4.69) is 46.8 Å². The van der Waals surface area contributed by atoms with Crippen LogP contribution in [0.1, 0.15) is 5.69 Å². The second kappa shape index (κ2) is 4.37. The summed E-state index contributed by atoms with van der Waals surface area (Å²) in [4.78, 5) is 12.7. The molecule has 0 saturated heterocycles. The summed E-state index contributed by atoms with van der Waals surface area (Å²) >= 11 is 6.65. The van der Waals surface area contributed by atoms with E-state index >= 15 is 0 Å². The maximum Gasteiger partial charge on any atom is 0.163 e. The number of hydrogen-bond acceptors (Lipinski definition) is 3. The van der Waals surface area contributed by atoms with Gasteiger partial charge in [-0.25, -0.2) is 9.97 Å². The van der Waals surface area contributed by atoms with Gasteiger partial charge in [-0.3, -0.25) is 4.98 Å². The van der Waals surface area contributed by atoms with Gasteiger partial charge in [0.05, 0.1) is 0 Å². The van der Waals surface area contributed by atoms with Crippen LogP contribution in [0, 0.1) is 6.92 Å². The average molecular weight is 329 g/mol. The van der Waals surface area contributed by atoms with Crippen LogP contribution in [0.2, 0.25) is 0 Å². The van der Waals surface area contributed by atoms with Crippen LogP contribution in [0.15, 0.2) is 33.6 Å².